The summed E-state index contributed by atoms with van der Waals surface area (Å²) in [5.74, 6) is -0.124. The molecular formula is C14H21FOSi. The molecule has 0 aromatic heterocycles. The van der Waals surface area contributed by atoms with Crippen molar-refractivity contribution in [3.63, 3.8) is 0 Å². The molecule has 0 atom stereocenters. The van der Waals surface area contributed by atoms with Crippen LogP contribution in [0.5, 0.6) is 5.75 Å². The first-order valence-corrected chi connectivity index (χ1v) is 9.63. The summed E-state index contributed by atoms with van der Waals surface area (Å²) in [6.45, 7) is 11.0. The van der Waals surface area contributed by atoms with Crippen molar-refractivity contribution >= 4 is 8.07 Å². The molecule has 0 saturated carbocycles. The summed E-state index contributed by atoms with van der Waals surface area (Å²) >= 11 is 0. The van der Waals surface area contributed by atoms with Gasteiger partial charge < -0.3 is 5.11 Å². The lowest BCUT2D eigenvalue weighted by Gasteiger charge is -2.17. The number of allylic oxidation sites excluding steroid dienone is 1. The van der Waals surface area contributed by atoms with Gasteiger partial charge in [0.05, 0.1) is 0 Å². The molecule has 0 unspecified atom stereocenters. The monoisotopic (exact) mass is 252 g/mol. The number of phenolic OH excluding ortho intramolecular Hbond substituents is 1. The highest BCUT2D eigenvalue weighted by atomic mass is 28.3. The molecular weight excluding hydrogens is 231 g/mol. The van der Waals surface area contributed by atoms with Gasteiger partial charge in [-0.25, -0.2) is 4.39 Å². The Morgan fingerprint density at radius 3 is 2.59 bits per heavy atom. The molecule has 3 heteroatoms. The molecule has 1 aromatic rings. The summed E-state index contributed by atoms with van der Waals surface area (Å²) in [6, 6.07) is 5.17. The fraction of sp³-hybridized carbons (Fsp3) is 0.429. The van der Waals surface area contributed by atoms with Crippen molar-refractivity contribution in [3.8, 4) is 5.75 Å². The summed E-state index contributed by atoms with van der Waals surface area (Å²) < 4.78 is 13.0. The van der Waals surface area contributed by atoms with E-state index >= 15 is 0 Å². The molecule has 0 spiro atoms. The number of rotatable bonds is 5. The number of aromatic hydroxyl groups is 1. The molecule has 0 aliphatic rings. The third-order valence-corrected chi connectivity index (χ3v) is 4.13. The van der Waals surface area contributed by atoms with E-state index in [0.717, 1.165) is 12.5 Å². The highest BCUT2D eigenvalue weighted by Gasteiger charge is 2.14. The zero-order valence-corrected chi connectivity index (χ0v) is 11.9. The van der Waals surface area contributed by atoms with E-state index in [1.165, 1.54) is 23.8 Å². The van der Waals surface area contributed by atoms with Gasteiger partial charge in [0.15, 0.2) is 0 Å². The second-order valence-corrected chi connectivity index (χ2v) is 11.2. The molecule has 0 fully saturated rings. The van der Waals surface area contributed by atoms with Crippen LogP contribution >= 0.6 is 0 Å². The summed E-state index contributed by atoms with van der Waals surface area (Å²) in [7, 11) is -1.12. The summed E-state index contributed by atoms with van der Waals surface area (Å²) in [6.07, 6.45) is 1.48. The second kappa shape index (κ2) is 5.49. The summed E-state index contributed by atoms with van der Waals surface area (Å²) in [4.78, 5) is 0. The molecule has 0 saturated heterocycles. The minimum Gasteiger partial charge on any atom is -0.508 e. The summed E-state index contributed by atoms with van der Waals surface area (Å²) in [5.41, 5.74) is 1.87. The van der Waals surface area contributed by atoms with Gasteiger partial charge in [-0.3, -0.25) is 0 Å². The van der Waals surface area contributed by atoms with E-state index in [2.05, 4.69) is 26.2 Å². The van der Waals surface area contributed by atoms with Gasteiger partial charge in [-0.2, -0.15) is 0 Å². The molecule has 1 aromatic carbocycles. The number of aryl methyl sites for hydroxylation is 1. The maximum absolute atomic E-state index is 13.0. The Hall–Kier alpha value is -1.09. The Labute approximate surface area is 104 Å². The number of halogens is 1. The molecule has 0 heterocycles. The molecule has 0 aliphatic carbocycles. The zero-order valence-electron chi connectivity index (χ0n) is 10.9. The van der Waals surface area contributed by atoms with Crippen LogP contribution in [-0.4, -0.2) is 13.2 Å². The Kier molecular flexibility index (Phi) is 4.51. The zero-order chi connectivity index (χ0) is 13.1. The minimum atomic E-state index is -1.12. The van der Waals surface area contributed by atoms with Crippen LogP contribution in [0.15, 0.2) is 30.4 Å². The van der Waals surface area contributed by atoms with Crippen LogP contribution in [0.1, 0.15) is 12.0 Å². The van der Waals surface area contributed by atoms with Crippen LogP contribution in [0.25, 0.3) is 0 Å². The van der Waals surface area contributed by atoms with E-state index in [1.54, 1.807) is 0 Å². The lowest BCUT2D eigenvalue weighted by atomic mass is 10.1. The van der Waals surface area contributed by atoms with Crippen LogP contribution < -0.4 is 0 Å². The molecule has 0 aliphatic heterocycles. The van der Waals surface area contributed by atoms with Crippen molar-refractivity contribution in [2.75, 3.05) is 0 Å². The van der Waals surface area contributed by atoms with Gasteiger partial charge in [0.2, 0.25) is 0 Å². The van der Waals surface area contributed by atoms with Gasteiger partial charge in [-0.05, 0) is 42.6 Å². The molecule has 0 amide bonds. The van der Waals surface area contributed by atoms with E-state index < -0.39 is 8.07 Å². The topological polar surface area (TPSA) is 20.2 Å². The normalized spacial score (nSPS) is 11.5. The predicted molar refractivity (Wildman–Crippen MR) is 73.7 cm³/mol. The van der Waals surface area contributed by atoms with Crippen LogP contribution in [0, 0.1) is 5.82 Å². The molecule has 0 bridgehead atoms. The fourth-order valence-electron chi connectivity index (χ4n) is 1.90. The largest absolute Gasteiger partial charge is 0.508 e. The fourth-order valence-corrected chi connectivity index (χ4v) is 3.58. The van der Waals surface area contributed by atoms with Crippen molar-refractivity contribution < 1.29 is 9.50 Å². The van der Waals surface area contributed by atoms with Crippen molar-refractivity contribution in [1.82, 2.24) is 0 Å². The third kappa shape index (κ3) is 5.17. The van der Waals surface area contributed by atoms with Gasteiger partial charge in [0, 0.05) is 8.07 Å². The lowest BCUT2D eigenvalue weighted by Crippen LogP contribution is -2.19. The predicted octanol–water partition coefficient (Wildman–Crippen LogP) is 4.36. The minimum absolute atomic E-state index is 0.173. The third-order valence-electron chi connectivity index (χ3n) is 2.57. The first-order valence-electron chi connectivity index (χ1n) is 5.92. The highest BCUT2D eigenvalue weighted by Crippen LogP contribution is 2.23. The van der Waals surface area contributed by atoms with Gasteiger partial charge in [0.25, 0.3) is 0 Å². The van der Waals surface area contributed by atoms with Gasteiger partial charge >= 0.3 is 0 Å². The van der Waals surface area contributed by atoms with E-state index in [0.29, 0.717) is 12.0 Å². The maximum atomic E-state index is 13.0. The smallest absolute Gasteiger partial charge is 0.123 e. The van der Waals surface area contributed by atoms with Gasteiger partial charge in [-0.15, -0.1) is 6.58 Å². The van der Waals surface area contributed by atoms with Crippen molar-refractivity contribution in [1.29, 1.82) is 0 Å². The molecule has 0 radical (unpaired) electrons. The molecule has 1 nitrogen and oxygen atoms in total. The highest BCUT2D eigenvalue weighted by molar-refractivity contribution is 6.76. The van der Waals surface area contributed by atoms with Crippen molar-refractivity contribution in [3.05, 3.63) is 41.7 Å². The van der Waals surface area contributed by atoms with E-state index in [1.807, 2.05) is 0 Å². The van der Waals surface area contributed by atoms with Crippen LogP contribution in [0.2, 0.25) is 25.7 Å². The van der Waals surface area contributed by atoms with Crippen LogP contribution in [0.4, 0.5) is 4.39 Å². The molecule has 1 rings (SSSR count). The maximum Gasteiger partial charge on any atom is 0.123 e. The Bertz CT molecular complexity index is 407. The van der Waals surface area contributed by atoms with Gasteiger partial charge in [-0.1, -0.05) is 25.2 Å². The Morgan fingerprint density at radius 2 is 2.00 bits per heavy atom. The molecule has 1 N–H and O–H groups in total. The lowest BCUT2D eigenvalue weighted by molar-refractivity contribution is 0.465. The van der Waals surface area contributed by atoms with Gasteiger partial charge in [0.1, 0.15) is 11.6 Å². The van der Waals surface area contributed by atoms with E-state index in [9.17, 15) is 9.50 Å². The Balaban J connectivity index is 2.56. The Morgan fingerprint density at radius 1 is 1.35 bits per heavy atom. The van der Waals surface area contributed by atoms with E-state index in [4.69, 9.17) is 0 Å². The number of hydrogen-bond acceptors (Lipinski definition) is 1. The van der Waals surface area contributed by atoms with Crippen molar-refractivity contribution in [2.24, 2.45) is 0 Å². The molecule has 17 heavy (non-hydrogen) atoms. The van der Waals surface area contributed by atoms with Crippen LogP contribution in [-0.2, 0) is 6.42 Å². The van der Waals surface area contributed by atoms with E-state index in [-0.39, 0.29) is 11.6 Å². The standard InChI is InChI=1S/C14H21FOSi/c1-11(10-17(2,3)4)5-6-12-9-13(15)7-8-14(12)16/h7-9,16H,1,5-6,10H2,2-4H3. The van der Waals surface area contributed by atoms with Crippen molar-refractivity contribution in [2.45, 2.75) is 38.5 Å². The first-order chi connectivity index (χ1) is 7.78. The first kappa shape index (κ1) is 14.0. The van der Waals surface area contributed by atoms with Crippen LogP contribution in [0.3, 0.4) is 0 Å². The average Bonchev–Trinajstić information content (AvgIpc) is 2.17. The summed E-state index contributed by atoms with van der Waals surface area (Å²) in [5, 5.41) is 9.59. The quantitative estimate of drug-likeness (QED) is 0.610. The number of phenols is 1. The SMILES string of the molecule is C=C(CCc1cc(F)ccc1O)C[Si](C)(C)C. The molecule has 94 valence electrons. The number of benzene rings is 1. The number of hydrogen-bond donors (Lipinski definition) is 1. The second-order valence-electron chi connectivity index (χ2n) is 5.76. The average molecular weight is 252 g/mol.